The first-order valence-corrected chi connectivity index (χ1v) is 7.78. The summed E-state index contributed by atoms with van der Waals surface area (Å²) >= 11 is 0. The van der Waals surface area contributed by atoms with E-state index in [1.807, 2.05) is 0 Å². The van der Waals surface area contributed by atoms with Crippen molar-refractivity contribution >= 4 is 0 Å². The quantitative estimate of drug-likeness (QED) is 0.813. The Labute approximate surface area is 112 Å². The van der Waals surface area contributed by atoms with Crippen LogP contribution in [0.4, 0.5) is 0 Å². The van der Waals surface area contributed by atoms with Gasteiger partial charge in [-0.15, -0.1) is 0 Å². The number of piperidine rings is 2. The molecule has 3 nitrogen and oxygen atoms in total. The summed E-state index contributed by atoms with van der Waals surface area (Å²) in [6, 6.07) is 0. The minimum atomic E-state index is 0.525. The van der Waals surface area contributed by atoms with E-state index in [2.05, 4.69) is 24.1 Å². The van der Waals surface area contributed by atoms with E-state index in [1.54, 1.807) is 0 Å². The Morgan fingerprint density at radius 1 is 1.11 bits per heavy atom. The van der Waals surface area contributed by atoms with Gasteiger partial charge in [-0.2, -0.15) is 0 Å². The molecule has 0 saturated carbocycles. The van der Waals surface area contributed by atoms with Crippen LogP contribution in [-0.2, 0) is 4.74 Å². The van der Waals surface area contributed by atoms with Crippen LogP contribution in [0.15, 0.2) is 0 Å². The van der Waals surface area contributed by atoms with Crippen molar-refractivity contribution < 1.29 is 4.74 Å². The zero-order chi connectivity index (χ0) is 12.8. The minimum absolute atomic E-state index is 0.525. The predicted octanol–water partition coefficient (Wildman–Crippen LogP) is 2.12. The Balaban J connectivity index is 1.60. The van der Waals surface area contributed by atoms with E-state index >= 15 is 0 Å². The summed E-state index contributed by atoms with van der Waals surface area (Å²) < 4.78 is 5.95. The van der Waals surface area contributed by atoms with Crippen LogP contribution in [0.1, 0.15) is 39.5 Å². The third-order valence-corrected chi connectivity index (χ3v) is 4.17. The van der Waals surface area contributed by atoms with E-state index in [1.165, 1.54) is 58.4 Å². The van der Waals surface area contributed by atoms with Crippen molar-refractivity contribution in [3.8, 4) is 0 Å². The van der Waals surface area contributed by atoms with Crippen LogP contribution in [0.5, 0.6) is 0 Å². The number of hydrogen-bond acceptors (Lipinski definition) is 3. The standard InChI is InChI=1S/C15H30N2O/c1-13(2)12-18-15-5-9-17(10-6-15)11-14-3-7-16-8-4-14/h13-16H,3-12H2,1-2H3. The molecule has 3 heteroatoms. The summed E-state index contributed by atoms with van der Waals surface area (Å²) in [6.45, 7) is 11.6. The summed E-state index contributed by atoms with van der Waals surface area (Å²) in [5.74, 6) is 1.59. The molecule has 0 amide bonds. The van der Waals surface area contributed by atoms with Gasteiger partial charge >= 0.3 is 0 Å². The van der Waals surface area contributed by atoms with Gasteiger partial charge < -0.3 is 15.0 Å². The number of hydrogen-bond donors (Lipinski definition) is 1. The smallest absolute Gasteiger partial charge is 0.0599 e. The van der Waals surface area contributed by atoms with Crippen LogP contribution < -0.4 is 5.32 Å². The van der Waals surface area contributed by atoms with Crippen LogP contribution in [0.3, 0.4) is 0 Å². The molecule has 0 atom stereocenters. The molecule has 2 saturated heterocycles. The summed E-state index contributed by atoms with van der Waals surface area (Å²) in [4.78, 5) is 2.66. The molecule has 0 aliphatic carbocycles. The third-order valence-electron chi connectivity index (χ3n) is 4.17. The second kappa shape index (κ2) is 7.46. The molecule has 2 aliphatic heterocycles. The summed E-state index contributed by atoms with van der Waals surface area (Å²) in [5, 5.41) is 3.45. The number of likely N-dealkylation sites (tertiary alicyclic amines) is 1. The Bertz CT molecular complexity index is 219. The number of rotatable bonds is 5. The zero-order valence-corrected chi connectivity index (χ0v) is 12.2. The van der Waals surface area contributed by atoms with Crippen molar-refractivity contribution in [2.75, 3.05) is 39.3 Å². The maximum absolute atomic E-state index is 5.95. The third kappa shape index (κ3) is 4.87. The van der Waals surface area contributed by atoms with Crippen LogP contribution >= 0.6 is 0 Å². The molecule has 0 spiro atoms. The van der Waals surface area contributed by atoms with E-state index in [9.17, 15) is 0 Å². The number of ether oxygens (including phenoxy) is 1. The summed E-state index contributed by atoms with van der Waals surface area (Å²) in [7, 11) is 0. The van der Waals surface area contributed by atoms with Gasteiger partial charge in [-0.3, -0.25) is 0 Å². The molecule has 0 aromatic rings. The first kappa shape index (κ1) is 14.3. The molecule has 18 heavy (non-hydrogen) atoms. The summed E-state index contributed by atoms with van der Waals surface area (Å²) in [6.07, 6.45) is 5.72. The van der Waals surface area contributed by atoms with E-state index in [4.69, 9.17) is 4.74 Å². The fraction of sp³-hybridized carbons (Fsp3) is 1.00. The molecule has 0 aromatic heterocycles. The fourth-order valence-electron chi connectivity index (χ4n) is 3.02. The van der Waals surface area contributed by atoms with Gasteiger partial charge in [-0.25, -0.2) is 0 Å². The van der Waals surface area contributed by atoms with Crippen LogP contribution in [-0.4, -0.2) is 50.3 Å². The lowest BCUT2D eigenvalue weighted by Crippen LogP contribution is -2.42. The predicted molar refractivity (Wildman–Crippen MR) is 75.8 cm³/mol. The van der Waals surface area contributed by atoms with Crippen LogP contribution in [0.2, 0.25) is 0 Å². The summed E-state index contributed by atoms with van der Waals surface area (Å²) in [5.41, 5.74) is 0. The molecular formula is C15H30N2O. The van der Waals surface area contributed by atoms with Crippen molar-refractivity contribution in [3.63, 3.8) is 0 Å². The van der Waals surface area contributed by atoms with Gasteiger partial charge in [0.2, 0.25) is 0 Å². The molecule has 0 aromatic carbocycles. The first-order valence-electron chi connectivity index (χ1n) is 7.78. The van der Waals surface area contributed by atoms with E-state index in [0.717, 1.165) is 12.5 Å². The second-order valence-corrected chi connectivity index (χ2v) is 6.42. The zero-order valence-electron chi connectivity index (χ0n) is 12.2. The van der Waals surface area contributed by atoms with E-state index in [-0.39, 0.29) is 0 Å². The van der Waals surface area contributed by atoms with Gasteiger partial charge in [-0.05, 0) is 50.6 Å². The Morgan fingerprint density at radius 2 is 1.78 bits per heavy atom. The highest BCUT2D eigenvalue weighted by Gasteiger charge is 2.23. The highest BCUT2D eigenvalue weighted by atomic mass is 16.5. The highest BCUT2D eigenvalue weighted by Crippen LogP contribution is 2.19. The van der Waals surface area contributed by atoms with Crippen molar-refractivity contribution in [2.24, 2.45) is 11.8 Å². The SMILES string of the molecule is CC(C)COC1CCN(CC2CCNCC2)CC1. The lowest BCUT2D eigenvalue weighted by Gasteiger charge is -2.35. The lowest BCUT2D eigenvalue weighted by atomic mass is 9.96. The normalized spacial score (nSPS) is 24.8. The first-order chi connectivity index (χ1) is 8.74. The van der Waals surface area contributed by atoms with Gasteiger partial charge in [0, 0.05) is 26.2 Å². The Hall–Kier alpha value is -0.120. The monoisotopic (exact) mass is 254 g/mol. The van der Waals surface area contributed by atoms with E-state index < -0.39 is 0 Å². The van der Waals surface area contributed by atoms with Gasteiger partial charge in [0.05, 0.1) is 6.10 Å². The average molecular weight is 254 g/mol. The molecule has 2 aliphatic rings. The molecular weight excluding hydrogens is 224 g/mol. The van der Waals surface area contributed by atoms with Crippen molar-refractivity contribution in [2.45, 2.75) is 45.6 Å². The molecule has 2 rings (SSSR count). The molecule has 0 radical (unpaired) electrons. The largest absolute Gasteiger partial charge is 0.378 e. The second-order valence-electron chi connectivity index (χ2n) is 6.42. The highest BCUT2D eigenvalue weighted by molar-refractivity contribution is 4.77. The van der Waals surface area contributed by atoms with Crippen molar-refractivity contribution in [3.05, 3.63) is 0 Å². The van der Waals surface area contributed by atoms with E-state index in [0.29, 0.717) is 12.0 Å². The van der Waals surface area contributed by atoms with Gasteiger partial charge in [0.15, 0.2) is 0 Å². The molecule has 0 unspecified atom stereocenters. The van der Waals surface area contributed by atoms with Gasteiger partial charge in [0.25, 0.3) is 0 Å². The molecule has 0 bridgehead atoms. The van der Waals surface area contributed by atoms with Gasteiger partial charge in [-0.1, -0.05) is 13.8 Å². The lowest BCUT2D eigenvalue weighted by molar-refractivity contribution is -0.00757. The molecule has 106 valence electrons. The van der Waals surface area contributed by atoms with Crippen LogP contribution in [0, 0.1) is 11.8 Å². The number of nitrogens with zero attached hydrogens (tertiary/aromatic N) is 1. The number of nitrogens with one attached hydrogen (secondary N) is 1. The maximum Gasteiger partial charge on any atom is 0.0599 e. The van der Waals surface area contributed by atoms with Crippen LogP contribution in [0.25, 0.3) is 0 Å². The maximum atomic E-state index is 5.95. The van der Waals surface area contributed by atoms with Crippen molar-refractivity contribution in [1.29, 1.82) is 0 Å². The average Bonchev–Trinajstić information content (AvgIpc) is 2.39. The fourth-order valence-corrected chi connectivity index (χ4v) is 3.02. The van der Waals surface area contributed by atoms with Gasteiger partial charge in [0.1, 0.15) is 0 Å². The van der Waals surface area contributed by atoms with Crippen molar-refractivity contribution in [1.82, 2.24) is 10.2 Å². The molecule has 1 N–H and O–H groups in total. The minimum Gasteiger partial charge on any atom is -0.378 e. The Kier molecular flexibility index (Phi) is 5.93. The molecule has 2 fully saturated rings. The Morgan fingerprint density at radius 3 is 2.39 bits per heavy atom. The molecule has 2 heterocycles. The topological polar surface area (TPSA) is 24.5 Å².